The standard InChI is InChI=1S/C13H12ClF2N3/c14-10-7-18-4-3-9(10)13(19-17)6-8-1-2-11(15)12(16)5-8/h1-5,7,13,19H,6,17H2. The number of aromatic nitrogens is 1. The van der Waals surface area contributed by atoms with Gasteiger partial charge in [-0.15, -0.1) is 0 Å². The number of hydrogen-bond donors (Lipinski definition) is 2. The molecule has 1 aromatic heterocycles. The minimum atomic E-state index is -0.880. The average Bonchev–Trinajstić information content (AvgIpc) is 2.41. The summed E-state index contributed by atoms with van der Waals surface area (Å²) in [5.41, 5.74) is 3.99. The van der Waals surface area contributed by atoms with E-state index >= 15 is 0 Å². The fourth-order valence-corrected chi connectivity index (χ4v) is 2.08. The quantitative estimate of drug-likeness (QED) is 0.670. The van der Waals surface area contributed by atoms with Crippen LogP contribution in [0.3, 0.4) is 0 Å². The molecule has 0 spiro atoms. The van der Waals surface area contributed by atoms with Crippen LogP contribution in [0.2, 0.25) is 5.02 Å². The van der Waals surface area contributed by atoms with Crippen molar-refractivity contribution in [3.8, 4) is 0 Å². The van der Waals surface area contributed by atoms with Crippen molar-refractivity contribution in [2.75, 3.05) is 0 Å². The minimum Gasteiger partial charge on any atom is -0.271 e. The third kappa shape index (κ3) is 3.26. The van der Waals surface area contributed by atoms with Gasteiger partial charge in [0.05, 0.1) is 11.1 Å². The van der Waals surface area contributed by atoms with Gasteiger partial charge in [0, 0.05) is 12.4 Å². The van der Waals surface area contributed by atoms with Crippen LogP contribution in [0.1, 0.15) is 17.2 Å². The molecule has 0 radical (unpaired) electrons. The Morgan fingerprint density at radius 1 is 1.26 bits per heavy atom. The van der Waals surface area contributed by atoms with Gasteiger partial charge in [-0.3, -0.25) is 16.3 Å². The van der Waals surface area contributed by atoms with Crippen molar-refractivity contribution < 1.29 is 8.78 Å². The van der Waals surface area contributed by atoms with Crippen molar-refractivity contribution >= 4 is 11.6 Å². The zero-order valence-electron chi connectivity index (χ0n) is 9.91. The van der Waals surface area contributed by atoms with Crippen LogP contribution >= 0.6 is 11.6 Å². The van der Waals surface area contributed by atoms with Crippen molar-refractivity contribution in [1.82, 2.24) is 10.4 Å². The number of pyridine rings is 1. The van der Waals surface area contributed by atoms with E-state index in [1.807, 2.05) is 0 Å². The van der Waals surface area contributed by atoms with Crippen molar-refractivity contribution in [2.24, 2.45) is 5.84 Å². The molecule has 2 aromatic rings. The highest BCUT2D eigenvalue weighted by atomic mass is 35.5. The first-order chi connectivity index (χ1) is 9.11. The number of hydrogen-bond acceptors (Lipinski definition) is 3. The molecule has 1 atom stereocenters. The first-order valence-electron chi connectivity index (χ1n) is 5.61. The molecule has 3 N–H and O–H groups in total. The lowest BCUT2D eigenvalue weighted by Crippen LogP contribution is -2.29. The van der Waals surface area contributed by atoms with Crippen LogP contribution in [0.25, 0.3) is 0 Å². The number of hydrazine groups is 1. The summed E-state index contributed by atoms with van der Waals surface area (Å²) in [5, 5.41) is 0.466. The van der Waals surface area contributed by atoms with Gasteiger partial charge >= 0.3 is 0 Å². The summed E-state index contributed by atoms with van der Waals surface area (Å²) < 4.78 is 26.0. The van der Waals surface area contributed by atoms with Gasteiger partial charge in [0.15, 0.2) is 11.6 Å². The van der Waals surface area contributed by atoms with E-state index in [1.54, 1.807) is 12.3 Å². The first-order valence-corrected chi connectivity index (χ1v) is 5.99. The van der Waals surface area contributed by atoms with E-state index in [-0.39, 0.29) is 6.04 Å². The largest absolute Gasteiger partial charge is 0.271 e. The Kier molecular flexibility index (Phi) is 4.42. The third-order valence-corrected chi connectivity index (χ3v) is 3.12. The summed E-state index contributed by atoms with van der Waals surface area (Å²) in [4.78, 5) is 3.88. The molecule has 3 nitrogen and oxygen atoms in total. The van der Waals surface area contributed by atoms with E-state index in [1.165, 1.54) is 12.3 Å². The molecular formula is C13H12ClF2N3. The molecule has 0 aliphatic heterocycles. The fourth-order valence-electron chi connectivity index (χ4n) is 1.83. The van der Waals surface area contributed by atoms with Crippen LogP contribution in [0.4, 0.5) is 8.78 Å². The number of rotatable bonds is 4. The second kappa shape index (κ2) is 6.06. The number of nitrogens with zero attached hydrogens (tertiary/aromatic N) is 1. The summed E-state index contributed by atoms with van der Waals surface area (Å²) in [7, 11) is 0. The normalized spacial score (nSPS) is 12.4. The highest BCUT2D eigenvalue weighted by molar-refractivity contribution is 6.31. The predicted octanol–water partition coefficient (Wildman–Crippen LogP) is 2.76. The molecule has 1 heterocycles. The molecule has 1 unspecified atom stereocenters. The van der Waals surface area contributed by atoms with Crippen LogP contribution in [0, 0.1) is 11.6 Å². The summed E-state index contributed by atoms with van der Waals surface area (Å²) in [6.45, 7) is 0. The Hall–Kier alpha value is -1.56. The van der Waals surface area contributed by atoms with E-state index in [4.69, 9.17) is 17.4 Å². The van der Waals surface area contributed by atoms with E-state index in [0.29, 0.717) is 17.0 Å². The van der Waals surface area contributed by atoms with Crippen molar-refractivity contribution in [3.05, 3.63) is 64.4 Å². The first kappa shape index (κ1) is 13.9. The smallest absolute Gasteiger partial charge is 0.159 e. The number of nitrogens with two attached hydrogens (primary N) is 1. The second-order valence-electron chi connectivity index (χ2n) is 4.07. The Bertz CT molecular complexity index is 578. The SMILES string of the molecule is NNC(Cc1ccc(F)c(F)c1)c1ccncc1Cl. The van der Waals surface area contributed by atoms with Crippen LogP contribution in [-0.2, 0) is 6.42 Å². The lowest BCUT2D eigenvalue weighted by atomic mass is 10.00. The van der Waals surface area contributed by atoms with E-state index in [9.17, 15) is 8.78 Å². The van der Waals surface area contributed by atoms with Gasteiger partial charge in [0.1, 0.15) is 0 Å². The van der Waals surface area contributed by atoms with Gasteiger partial charge in [-0.25, -0.2) is 8.78 Å². The fraction of sp³-hybridized carbons (Fsp3) is 0.154. The maximum absolute atomic E-state index is 13.2. The molecular weight excluding hydrogens is 272 g/mol. The molecule has 100 valence electrons. The highest BCUT2D eigenvalue weighted by Crippen LogP contribution is 2.24. The number of benzene rings is 1. The van der Waals surface area contributed by atoms with Crippen LogP contribution in [-0.4, -0.2) is 4.98 Å². The maximum atomic E-state index is 13.2. The van der Waals surface area contributed by atoms with Crippen molar-refractivity contribution in [1.29, 1.82) is 0 Å². The molecule has 0 saturated carbocycles. The van der Waals surface area contributed by atoms with Gasteiger partial charge in [-0.1, -0.05) is 17.7 Å². The van der Waals surface area contributed by atoms with E-state index < -0.39 is 11.6 Å². The molecule has 0 saturated heterocycles. The van der Waals surface area contributed by atoms with Crippen molar-refractivity contribution in [2.45, 2.75) is 12.5 Å². The van der Waals surface area contributed by atoms with Gasteiger partial charge in [-0.2, -0.15) is 0 Å². The third-order valence-electron chi connectivity index (χ3n) is 2.80. The summed E-state index contributed by atoms with van der Waals surface area (Å²) in [5.74, 6) is 3.74. The zero-order valence-corrected chi connectivity index (χ0v) is 10.7. The monoisotopic (exact) mass is 283 g/mol. The minimum absolute atomic E-state index is 0.305. The van der Waals surface area contributed by atoms with Crippen LogP contribution in [0.15, 0.2) is 36.7 Å². The van der Waals surface area contributed by atoms with E-state index in [0.717, 1.165) is 17.7 Å². The number of halogens is 3. The average molecular weight is 284 g/mol. The lowest BCUT2D eigenvalue weighted by Gasteiger charge is -2.17. The van der Waals surface area contributed by atoms with Crippen LogP contribution < -0.4 is 11.3 Å². The summed E-state index contributed by atoms with van der Waals surface area (Å²) >= 11 is 6.03. The Labute approximate surface area is 114 Å². The molecule has 1 aromatic carbocycles. The summed E-state index contributed by atoms with van der Waals surface area (Å²) in [6, 6.07) is 5.17. The molecule has 0 amide bonds. The van der Waals surface area contributed by atoms with Gasteiger partial charge in [0.2, 0.25) is 0 Å². The van der Waals surface area contributed by atoms with Gasteiger partial charge in [0.25, 0.3) is 0 Å². The van der Waals surface area contributed by atoms with Gasteiger partial charge < -0.3 is 0 Å². The van der Waals surface area contributed by atoms with Crippen LogP contribution in [0.5, 0.6) is 0 Å². The molecule has 0 bridgehead atoms. The Morgan fingerprint density at radius 2 is 2.05 bits per heavy atom. The molecule has 0 aliphatic rings. The maximum Gasteiger partial charge on any atom is 0.159 e. The van der Waals surface area contributed by atoms with Gasteiger partial charge in [-0.05, 0) is 35.7 Å². The molecule has 0 aliphatic carbocycles. The summed E-state index contributed by atoms with van der Waals surface area (Å²) in [6.07, 6.45) is 3.49. The predicted molar refractivity (Wildman–Crippen MR) is 69.4 cm³/mol. The highest BCUT2D eigenvalue weighted by Gasteiger charge is 2.15. The second-order valence-corrected chi connectivity index (χ2v) is 4.48. The zero-order chi connectivity index (χ0) is 13.8. The molecule has 6 heteroatoms. The van der Waals surface area contributed by atoms with Crippen molar-refractivity contribution in [3.63, 3.8) is 0 Å². The Balaban J connectivity index is 2.24. The number of nitrogens with one attached hydrogen (secondary N) is 1. The molecule has 2 rings (SSSR count). The Morgan fingerprint density at radius 3 is 2.68 bits per heavy atom. The topological polar surface area (TPSA) is 50.9 Å². The molecule has 0 fully saturated rings. The molecule has 19 heavy (non-hydrogen) atoms. The van der Waals surface area contributed by atoms with E-state index in [2.05, 4.69) is 10.4 Å². The lowest BCUT2D eigenvalue weighted by molar-refractivity contribution is 0.502.